The van der Waals surface area contributed by atoms with Crippen molar-refractivity contribution < 1.29 is 13.9 Å². The van der Waals surface area contributed by atoms with Crippen molar-refractivity contribution in [1.29, 1.82) is 5.26 Å². The Kier molecular flexibility index (Phi) is 7.51. The van der Waals surface area contributed by atoms with E-state index in [1.165, 1.54) is 0 Å². The summed E-state index contributed by atoms with van der Waals surface area (Å²) >= 11 is 12.0. The van der Waals surface area contributed by atoms with Crippen molar-refractivity contribution >= 4 is 29.1 Å². The number of ether oxygens (including phenoxy) is 2. The Bertz CT molecular complexity index is 1060. The van der Waals surface area contributed by atoms with Crippen LogP contribution in [0.5, 0.6) is 5.75 Å². The number of hydrogen-bond acceptors (Lipinski definition) is 7. The second-order valence-corrected chi connectivity index (χ2v) is 8.11. The highest BCUT2D eigenvalue weighted by atomic mass is 35.5. The molecule has 1 fully saturated rings. The van der Waals surface area contributed by atoms with Crippen LogP contribution in [0.2, 0.25) is 10.0 Å². The van der Waals surface area contributed by atoms with Crippen LogP contribution in [-0.4, -0.2) is 42.7 Å². The van der Waals surface area contributed by atoms with Crippen LogP contribution in [0.4, 0.5) is 5.88 Å². The first-order valence-electron chi connectivity index (χ1n) is 10.2. The highest BCUT2D eigenvalue weighted by Gasteiger charge is 2.24. The van der Waals surface area contributed by atoms with Crippen LogP contribution in [0.3, 0.4) is 0 Å². The largest absolute Gasteiger partial charge is 0.484 e. The van der Waals surface area contributed by atoms with E-state index in [4.69, 9.17) is 37.1 Å². The van der Waals surface area contributed by atoms with Crippen molar-refractivity contribution in [2.75, 3.05) is 38.2 Å². The topological polar surface area (TPSA) is 83.5 Å². The molecule has 4 rings (SSSR count). The van der Waals surface area contributed by atoms with Gasteiger partial charge >= 0.3 is 0 Å². The molecule has 1 atom stereocenters. The first kappa shape index (κ1) is 22.4. The van der Waals surface area contributed by atoms with Crippen LogP contribution in [0.1, 0.15) is 23.2 Å². The summed E-state index contributed by atoms with van der Waals surface area (Å²) in [5.41, 5.74) is 1.31. The van der Waals surface area contributed by atoms with Gasteiger partial charge < -0.3 is 19.2 Å². The molecule has 0 spiro atoms. The van der Waals surface area contributed by atoms with Gasteiger partial charge in [0.05, 0.1) is 19.3 Å². The van der Waals surface area contributed by atoms with Crippen molar-refractivity contribution in [2.24, 2.45) is 0 Å². The van der Waals surface area contributed by atoms with Crippen LogP contribution in [0.25, 0.3) is 0 Å². The molecule has 3 aromatic rings. The Labute approximate surface area is 196 Å². The lowest BCUT2D eigenvalue weighted by atomic mass is 10.0. The van der Waals surface area contributed by atoms with E-state index < -0.39 is 0 Å². The number of aromatic nitrogens is 1. The monoisotopic (exact) mass is 472 g/mol. The van der Waals surface area contributed by atoms with E-state index in [0.29, 0.717) is 47.3 Å². The highest BCUT2D eigenvalue weighted by Crippen LogP contribution is 2.26. The maximum Gasteiger partial charge on any atom is 0.236 e. The second-order valence-electron chi connectivity index (χ2n) is 7.24. The fraction of sp³-hybridized carbons (Fsp3) is 0.304. The Morgan fingerprint density at radius 1 is 1.06 bits per heavy atom. The molecule has 1 N–H and O–H groups in total. The third-order valence-corrected chi connectivity index (χ3v) is 5.65. The lowest BCUT2D eigenvalue weighted by Crippen LogP contribution is -2.41. The Morgan fingerprint density at radius 2 is 1.72 bits per heavy atom. The number of anilines is 1. The number of nitrogens with one attached hydrogen (secondary N) is 1. The average molecular weight is 473 g/mol. The number of morpholine rings is 1. The summed E-state index contributed by atoms with van der Waals surface area (Å²) in [6.45, 7) is 3.63. The third kappa shape index (κ3) is 5.72. The Hall–Kier alpha value is -2.76. The predicted octanol–water partition coefficient (Wildman–Crippen LogP) is 4.92. The molecule has 0 bridgehead atoms. The Balaban J connectivity index is 1.45. The molecule has 166 valence electrons. The van der Waals surface area contributed by atoms with Gasteiger partial charge in [0.1, 0.15) is 11.8 Å². The van der Waals surface area contributed by atoms with E-state index in [2.05, 4.69) is 21.3 Å². The van der Waals surface area contributed by atoms with Gasteiger partial charge in [-0.3, -0.25) is 4.90 Å². The van der Waals surface area contributed by atoms with E-state index in [1.54, 1.807) is 24.3 Å². The van der Waals surface area contributed by atoms with E-state index in [0.717, 1.165) is 18.7 Å². The van der Waals surface area contributed by atoms with Crippen molar-refractivity contribution in [3.63, 3.8) is 0 Å². The second kappa shape index (κ2) is 10.7. The summed E-state index contributed by atoms with van der Waals surface area (Å²) in [5, 5.41) is 14.1. The van der Waals surface area contributed by atoms with Gasteiger partial charge in [-0.25, -0.2) is 0 Å². The van der Waals surface area contributed by atoms with Gasteiger partial charge in [-0.15, -0.1) is 0 Å². The first-order valence-corrected chi connectivity index (χ1v) is 11.0. The van der Waals surface area contributed by atoms with Crippen molar-refractivity contribution in [2.45, 2.75) is 12.6 Å². The normalized spacial score (nSPS) is 15.2. The number of halogens is 2. The molecule has 9 heteroatoms. The molecule has 1 saturated heterocycles. The molecule has 2 aromatic carbocycles. The molecular formula is C23H22Cl2N4O3. The zero-order chi connectivity index (χ0) is 22.3. The minimum absolute atomic E-state index is 0.0570. The standard InChI is InChI=1S/C23H22Cl2N4O3/c24-17-3-1-16(2-4-17)21(29-9-11-30-12-10-29)14-27-23-20(13-26)28-22(32-23)15-31-19-7-5-18(25)6-8-19/h1-8,21,27H,9-12,14-15H2/t21-/m1/s1. The molecule has 0 radical (unpaired) electrons. The molecule has 2 heterocycles. The molecule has 1 aliphatic heterocycles. The molecule has 0 amide bonds. The lowest BCUT2D eigenvalue weighted by Gasteiger charge is -2.34. The van der Waals surface area contributed by atoms with E-state index in [-0.39, 0.29) is 18.3 Å². The molecule has 1 aromatic heterocycles. The van der Waals surface area contributed by atoms with Crippen LogP contribution in [0, 0.1) is 11.3 Å². The third-order valence-electron chi connectivity index (χ3n) is 5.15. The predicted molar refractivity (Wildman–Crippen MR) is 122 cm³/mol. The molecule has 0 aliphatic carbocycles. The maximum atomic E-state index is 9.50. The van der Waals surface area contributed by atoms with Crippen molar-refractivity contribution in [1.82, 2.24) is 9.88 Å². The maximum absolute atomic E-state index is 9.50. The van der Waals surface area contributed by atoms with Crippen molar-refractivity contribution in [3.05, 3.63) is 75.7 Å². The summed E-state index contributed by atoms with van der Waals surface area (Å²) in [7, 11) is 0. The number of benzene rings is 2. The van der Waals surface area contributed by atoms with Crippen LogP contribution in [-0.2, 0) is 11.3 Å². The zero-order valence-corrected chi connectivity index (χ0v) is 18.8. The summed E-state index contributed by atoms with van der Waals surface area (Å²) in [6, 6.07) is 16.9. The smallest absolute Gasteiger partial charge is 0.236 e. The van der Waals surface area contributed by atoms with E-state index in [9.17, 15) is 5.26 Å². The fourth-order valence-electron chi connectivity index (χ4n) is 3.52. The van der Waals surface area contributed by atoms with Gasteiger partial charge in [0, 0.05) is 29.7 Å². The summed E-state index contributed by atoms with van der Waals surface area (Å²) in [6.07, 6.45) is 0. The minimum atomic E-state index is 0.0570. The van der Waals surface area contributed by atoms with Crippen LogP contribution < -0.4 is 10.1 Å². The number of rotatable bonds is 8. The van der Waals surface area contributed by atoms with E-state index >= 15 is 0 Å². The molecule has 7 nitrogen and oxygen atoms in total. The van der Waals surface area contributed by atoms with E-state index in [1.807, 2.05) is 24.3 Å². The average Bonchev–Trinajstić information content (AvgIpc) is 3.23. The lowest BCUT2D eigenvalue weighted by molar-refractivity contribution is 0.0186. The molecular weight excluding hydrogens is 451 g/mol. The van der Waals surface area contributed by atoms with Gasteiger partial charge in [-0.2, -0.15) is 10.2 Å². The number of hydrogen-bond donors (Lipinski definition) is 1. The molecule has 0 saturated carbocycles. The highest BCUT2D eigenvalue weighted by molar-refractivity contribution is 6.30. The number of oxazole rings is 1. The first-order chi connectivity index (χ1) is 15.6. The van der Waals surface area contributed by atoms with Crippen LogP contribution in [0.15, 0.2) is 52.9 Å². The summed E-state index contributed by atoms with van der Waals surface area (Å²) in [4.78, 5) is 6.58. The quantitative estimate of drug-likeness (QED) is 0.497. The van der Waals surface area contributed by atoms with Gasteiger partial charge in [-0.1, -0.05) is 35.3 Å². The van der Waals surface area contributed by atoms with Gasteiger partial charge in [-0.05, 0) is 42.0 Å². The van der Waals surface area contributed by atoms with Gasteiger partial charge in [0.15, 0.2) is 6.61 Å². The molecule has 0 unspecified atom stereocenters. The number of nitrogens with zero attached hydrogens (tertiary/aromatic N) is 3. The van der Waals surface area contributed by atoms with Gasteiger partial charge in [0.2, 0.25) is 17.5 Å². The SMILES string of the molecule is N#Cc1nc(COc2ccc(Cl)cc2)oc1NC[C@H](c1ccc(Cl)cc1)N1CCOCC1. The van der Waals surface area contributed by atoms with Crippen molar-refractivity contribution in [3.8, 4) is 11.8 Å². The molecule has 32 heavy (non-hydrogen) atoms. The summed E-state index contributed by atoms with van der Waals surface area (Å²) in [5.74, 6) is 1.28. The summed E-state index contributed by atoms with van der Waals surface area (Å²) < 4.78 is 17.0. The minimum Gasteiger partial charge on any atom is -0.484 e. The molecule has 1 aliphatic rings. The van der Waals surface area contributed by atoms with Crippen LogP contribution >= 0.6 is 23.2 Å². The fourth-order valence-corrected chi connectivity index (χ4v) is 3.77. The van der Waals surface area contributed by atoms with Gasteiger partial charge in [0.25, 0.3) is 0 Å². The Morgan fingerprint density at radius 3 is 2.38 bits per heavy atom. The zero-order valence-electron chi connectivity index (χ0n) is 17.3. The number of nitriles is 1.